The number of benzene rings is 1. The van der Waals surface area contributed by atoms with Gasteiger partial charge in [-0.15, -0.1) is 0 Å². The SMILES string of the molecule is COc1ccc(OC)c(S(=O)(=O)NC(C)CO)c1. The van der Waals surface area contributed by atoms with Crippen LogP contribution in [-0.4, -0.2) is 40.4 Å². The largest absolute Gasteiger partial charge is 0.497 e. The summed E-state index contributed by atoms with van der Waals surface area (Å²) >= 11 is 0. The first-order chi connectivity index (χ1) is 8.44. The Labute approximate surface area is 107 Å². The van der Waals surface area contributed by atoms with Gasteiger partial charge in [0, 0.05) is 12.1 Å². The number of aliphatic hydroxyl groups excluding tert-OH is 1. The molecule has 0 spiro atoms. The van der Waals surface area contributed by atoms with Crippen LogP contribution in [-0.2, 0) is 10.0 Å². The summed E-state index contributed by atoms with van der Waals surface area (Å²) in [6.45, 7) is 1.27. The molecule has 6 nitrogen and oxygen atoms in total. The van der Waals surface area contributed by atoms with Gasteiger partial charge in [0.25, 0.3) is 0 Å². The molecule has 0 aliphatic heterocycles. The average Bonchev–Trinajstić information content (AvgIpc) is 2.37. The molecule has 18 heavy (non-hydrogen) atoms. The second-order valence-electron chi connectivity index (χ2n) is 3.72. The van der Waals surface area contributed by atoms with Crippen LogP contribution >= 0.6 is 0 Å². The highest BCUT2D eigenvalue weighted by Crippen LogP contribution is 2.28. The van der Waals surface area contributed by atoms with Crippen LogP contribution in [0.4, 0.5) is 0 Å². The molecule has 0 saturated carbocycles. The third-order valence-electron chi connectivity index (χ3n) is 2.29. The van der Waals surface area contributed by atoms with Gasteiger partial charge in [-0.1, -0.05) is 0 Å². The lowest BCUT2D eigenvalue weighted by Crippen LogP contribution is -2.35. The van der Waals surface area contributed by atoms with Crippen molar-refractivity contribution in [2.45, 2.75) is 17.9 Å². The van der Waals surface area contributed by atoms with Crippen LogP contribution in [0.15, 0.2) is 23.1 Å². The lowest BCUT2D eigenvalue weighted by atomic mass is 10.3. The van der Waals surface area contributed by atoms with Crippen LogP contribution in [0.5, 0.6) is 11.5 Å². The number of hydrogen-bond acceptors (Lipinski definition) is 5. The standard InChI is InChI=1S/C11H17NO5S/c1-8(7-13)12-18(14,15)11-6-9(16-2)4-5-10(11)17-3/h4-6,8,12-13H,7H2,1-3H3. The van der Waals surface area contributed by atoms with E-state index in [0.29, 0.717) is 5.75 Å². The Morgan fingerprint density at radius 2 is 2.00 bits per heavy atom. The first-order valence-corrected chi connectivity index (χ1v) is 6.78. The van der Waals surface area contributed by atoms with Gasteiger partial charge in [0.05, 0.1) is 20.8 Å². The van der Waals surface area contributed by atoms with E-state index in [0.717, 1.165) is 0 Å². The first-order valence-electron chi connectivity index (χ1n) is 5.29. The average molecular weight is 275 g/mol. The van der Waals surface area contributed by atoms with E-state index in [4.69, 9.17) is 14.6 Å². The normalized spacial score (nSPS) is 13.1. The number of rotatable bonds is 6. The van der Waals surface area contributed by atoms with Gasteiger partial charge >= 0.3 is 0 Å². The third-order valence-corrected chi connectivity index (χ3v) is 3.90. The molecular weight excluding hydrogens is 258 g/mol. The Morgan fingerprint density at radius 1 is 1.33 bits per heavy atom. The third kappa shape index (κ3) is 3.34. The minimum atomic E-state index is -3.76. The van der Waals surface area contributed by atoms with Crippen molar-refractivity contribution < 1.29 is 23.0 Å². The van der Waals surface area contributed by atoms with Crippen molar-refractivity contribution >= 4 is 10.0 Å². The Kier molecular flexibility index (Phi) is 4.94. The quantitative estimate of drug-likeness (QED) is 0.783. The van der Waals surface area contributed by atoms with E-state index < -0.39 is 16.1 Å². The fraction of sp³-hybridized carbons (Fsp3) is 0.455. The maximum atomic E-state index is 12.1. The Hall–Kier alpha value is -1.31. The molecule has 102 valence electrons. The summed E-state index contributed by atoms with van der Waals surface area (Å²) in [4.78, 5) is -0.0235. The Morgan fingerprint density at radius 3 is 2.50 bits per heavy atom. The van der Waals surface area contributed by atoms with Crippen molar-refractivity contribution in [3.05, 3.63) is 18.2 Å². The van der Waals surface area contributed by atoms with Crippen molar-refractivity contribution in [3.8, 4) is 11.5 Å². The summed E-state index contributed by atoms with van der Waals surface area (Å²) in [7, 11) is -0.930. The van der Waals surface area contributed by atoms with Gasteiger partial charge in [-0.2, -0.15) is 0 Å². The van der Waals surface area contributed by atoms with Gasteiger partial charge in [0.1, 0.15) is 16.4 Å². The molecule has 1 aromatic rings. The summed E-state index contributed by atoms with van der Waals surface area (Å²) in [5.74, 6) is 0.626. The predicted molar refractivity (Wildman–Crippen MR) is 66.4 cm³/mol. The zero-order valence-electron chi connectivity index (χ0n) is 10.5. The first kappa shape index (κ1) is 14.7. The van der Waals surface area contributed by atoms with E-state index in [1.54, 1.807) is 13.0 Å². The lowest BCUT2D eigenvalue weighted by molar-refractivity contribution is 0.265. The Bertz CT molecular complexity index is 500. The van der Waals surface area contributed by atoms with Gasteiger partial charge in [0.2, 0.25) is 10.0 Å². The van der Waals surface area contributed by atoms with E-state index in [1.807, 2.05) is 0 Å². The summed E-state index contributed by atoms with van der Waals surface area (Å²) in [6, 6.07) is 3.90. The monoisotopic (exact) mass is 275 g/mol. The molecule has 0 fully saturated rings. The number of nitrogens with one attached hydrogen (secondary N) is 1. The van der Waals surface area contributed by atoms with E-state index in [-0.39, 0.29) is 17.3 Å². The molecule has 0 amide bonds. The number of methoxy groups -OCH3 is 2. The highest BCUT2D eigenvalue weighted by atomic mass is 32.2. The smallest absolute Gasteiger partial charge is 0.244 e. The van der Waals surface area contributed by atoms with Gasteiger partial charge in [-0.3, -0.25) is 0 Å². The summed E-state index contributed by atoms with van der Waals surface area (Å²) in [5.41, 5.74) is 0. The van der Waals surface area contributed by atoms with Crippen molar-refractivity contribution in [2.24, 2.45) is 0 Å². The van der Waals surface area contributed by atoms with E-state index in [9.17, 15) is 8.42 Å². The second kappa shape index (κ2) is 6.03. The maximum absolute atomic E-state index is 12.1. The van der Waals surface area contributed by atoms with Crippen LogP contribution in [0.25, 0.3) is 0 Å². The van der Waals surface area contributed by atoms with Crippen LogP contribution in [0.2, 0.25) is 0 Å². The fourth-order valence-electron chi connectivity index (χ4n) is 1.36. The van der Waals surface area contributed by atoms with Crippen molar-refractivity contribution in [3.63, 3.8) is 0 Å². The second-order valence-corrected chi connectivity index (χ2v) is 5.40. The number of aliphatic hydroxyl groups is 1. The van der Waals surface area contributed by atoms with E-state index in [2.05, 4.69) is 4.72 Å². The molecule has 0 saturated heterocycles. The summed E-state index contributed by atoms with van der Waals surface area (Å²) in [6.07, 6.45) is 0. The minimum Gasteiger partial charge on any atom is -0.497 e. The highest BCUT2D eigenvalue weighted by Gasteiger charge is 2.22. The van der Waals surface area contributed by atoms with Crippen LogP contribution in [0.3, 0.4) is 0 Å². The number of ether oxygens (including phenoxy) is 2. The molecule has 1 aromatic carbocycles. The predicted octanol–water partition coefficient (Wildman–Crippen LogP) is 0.363. The van der Waals surface area contributed by atoms with Crippen LogP contribution in [0.1, 0.15) is 6.92 Å². The molecule has 0 aliphatic rings. The zero-order valence-corrected chi connectivity index (χ0v) is 11.3. The van der Waals surface area contributed by atoms with Crippen molar-refractivity contribution in [2.75, 3.05) is 20.8 Å². The Balaban J connectivity index is 3.20. The highest BCUT2D eigenvalue weighted by molar-refractivity contribution is 7.89. The molecule has 0 aromatic heterocycles. The van der Waals surface area contributed by atoms with E-state index >= 15 is 0 Å². The van der Waals surface area contributed by atoms with Crippen molar-refractivity contribution in [1.82, 2.24) is 4.72 Å². The summed E-state index contributed by atoms with van der Waals surface area (Å²) < 4.78 is 36.5. The van der Waals surface area contributed by atoms with Crippen LogP contribution in [0, 0.1) is 0 Å². The zero-order chi connectivity index (χ0) is 13.8. The molecule has 1 atom stereocenters. The number of sulfonamides is 1. The number of hydrogen-bond donors (Lipinski definition) is 2. The molecular formula is C11H17NO5S. The molecule has 0 radical (unpaired) electrons. The topological polar surface area (TPSA) is 84.9 Å². The summed E-state index contributed by atoms with van der Waals surface area (Å²) in [5, 5.41) is 8.89. The van der Waals surface area contributed by atoms with Crippen molar-refractivity contribution in [1.29, 1.82) is 0 Å². The fourth-order valence-corrected chi connectivity index (χ4v) is 2.78. The van der Waals surface area contributed by atoms with Gasteiger partial charge in [-0.25, -0.2) is 13.1 Å². The van der Waals surface area contributed by atoms with Crippen LogP contribution < -0.4 is 14.2 Å². The lowest BCUT2D eigenvalue weighted by Gasteiger charge is -2.14. The minimum absolute atomic E-state index is 0.0235. The molecule has 0 bridgehead atoms. The molecule has 1 rings (SSSR count). The van der Waals surface area contributed by atoms with Gasteiger partial charge in [-0.05, 0) is 19.1 Å². The molecule has 2 N–H and O–H groups in total. The molecule has 0 aliphatic carbocycles. The van der Waals surface area contributed by atoms with E-state index in [1.165, 1.54) is 26.4 Å². The molecule has 7 heteroatoms. The maximum Gasteiger partial charge on any atom is 0.244 e. The van der Waals surface area contributed by atoms with Gasteiger partial charge < -0.3 is 14.6 Å². The van der Waals surface area contributed by atoms with Gasteiger partial charge in [0.15, 0.2) is 0 Å². The molecule has 1 unspecified atom stereocenters. The molecule has 0 heterocycles.